The number of hydrogen-bond donors (Lipinski definition) is 2. The van der Waals surface area contributed by atoms with Crippen molar-refractivity contribution >= 4 is 28.9 Å². The summed E-state index contributed by atoms with van der Waals surface area (Å²) in [6, 6.07) is 5.08. The van der Waals surface area contributed by atoms with Crippen LogP contribution in [0.4, 0.5) is 4.79 Å². The lowest BCUT2D eigenvalue weighted by molar-refractivity contribution is -0.147. The van der Waals surface area contributed by atoms with Crippen LogP contribution in [0.2, 0.25) is 0 Å². The number of nitrogens with one attached hydrogen (secondary N) is 2. The minimum atomic E-state index is -0.676. The zero-order chi connectivity index (χ0) is 17.5. The normalized spacial score (nSPS) is 10.4. The van der Waals surface area contributed by atoms with E-state index in [-0.39, 0.29) is 6.42 Å². The van der Waals surface area contributed by atoms with E-state index in [0.29, 0.717) is 17.7 Å². The number of benzene rings is 1. The van der Waals surface area contributed by atoms with Gasteiger partial charge in [0.15, 0.2) is 6.61 Å². The van der Waals surface area contributed by atoms with Crippen molar-refractivity contribution in [3.05, 3.63) is 35.6 Å². The van der Waals surface area contributed by atoms with Crippen molar-refractivity contribution in [1.82, 2.24) is 10.6 Å². The van der Waals surface area contributed by atoms with Gasteiger partial charge in [-0.05, 0) is 25.0 Å². The van der Waals surface area contributed by atoms with Crippen LogP contribution in [0.3, 0.4) is 0 Å². The highest BCUT2D eigenvalue weighted by atomic mass is 16.5. The van der Waals surface area contributed by atoms with Crippen molar-refractivity contribution in [3.63, 3.8) is 0 Å². The molecule has 0 saturated carbocycles. The minimum Gasteiger partial charge on any atom is -0.464 e. The van der Waals surface area contributed by atoms with Crippen molar-refractivity contribution in [2.75, 3.05) is 13.2 Å². The predicted octanol–water partition coefficient (Wildman–Crippen LogP) is 2.06. The molecule has 2 aromatic rings. The number of hydrogen-bond acceptors (Lipinski definition) is 5. The largest absolute Gasteiger partial charge is 0.464 e. The van der Waals surface area contributed by atoms with Gasteiger partial charge in [0.25, 0.3) is 5.91 Å². The van der Waals surface area contributed by atoms with E-state index in [1.54, 1.807) is 0 Å². The number of imide groups is 1. The maximum atomic E-state index is 11.8. The van der Waals surface area contributed by atoms with Gasteiger partial charge < -0.3 is 14.5 Å². The molecule has 1 aromatic carbocycles. The Kier molecular flexibility index (Phi) is 5.95. The number of fused-ring (bicyclic) bond motifs is 1. The SMILES string of the molecule is CCCNC(=O)NC(=O)COC(=O)Cc1coc2cc(C)ccc12. The van der Waals surface area contributed by atoms with Crippen molar-refractivity contribution in [1.29, 1.82) is 0 Å². The lowest BCUT2D eigenvalue weighted by atomic mass is 10.1. The summed E-state index contributed by atoms with van der Waals surface area (Å²) in [4.78, 5) is 34.6. The molecule has 7 heteroatoms. The highest BCUT2D eigenvalue weighted by molar-refractivity contribution is 5.95. The Labute approximate surface area is 139 Å². The molecule has 2 N–H and O–H groups in total. The molecule has 0 radical (unpaired) electrons. The average Bonchev–Trinajstić information content (AvgIpc) is 2.93. The zero-order valence-electron chi connectivity index (χ0n) is 13.7. The van der Waals surface area contributed by atoms with E-state index in [9.17, 15) is 14.4 Å². The van der Waals surface area contributed by atoms with E-state index >= 15 is 0 Å². The Morgan fingerprint density at radius 3 is 2.79 bits per heavy atom. The number of esters is 1. The van der Waals surface area contributed by atoms with Crippen molar-refractivity contribution in [3.8, 4) is 0 Å². The molecule has 24 heavy (non-hydrogen) atoms. The Morgan fingerprint density at radius 1 is 1.25 bits per heavy atom. The first-order chi connectivity index (χ1) is 11.5. The number of urea groups is 1. The smallest absolute Gasteiger partial charge is 0.321 e. The first-order valence-electron chi connectivity index (χ1n) is 7.69. The summed E-state index contributed by atoms with van der Waals surface area (Å²) in [6.45, 7) is 3.80. The average molecular weight is 332 g/mol. The molecule has 0 spiro atoms. The quantitative estimate of drug-likeness (QED) is 0.789. The van der Waals surface area contributed by atoms with Gasteiger partial charge in [0, 0.05) is 17.5 Å². The minimum absolute atomic E-state index is 0.00856. The van der Waals surface area contributed by atoms with Crippen LogP contribution in [0.25, 0.3) is 11.0 Å². The predicted molar refractivity (Wildman–Crippen MR) is 87.4 cm³/mol. The Hall–Kier alpha value is -2.83. The standard InChI is InChI=1S/C17H20N2O5/c1-3-6-18-17(22)19-15(20)10-24-16(21)8-12-9-23-14-7-11(2)4-5-13(12)14/h4-5,7,9H,3,6,8,10H2,1-2H3,(H2,18,19,20,22). The molecule has 0 aliphatic heterocycles. The molecule has 1 aromatic heterocycles. The molecule has 3 amide bonds. The summed E-state index contributed by atoms with van der Waals surface area (Å²) in [5, 5.41) is 5.40. The van der Waals surface area contributed by atoms with Gasteiger partial charge in [0.05, 0.1) is 12.7 Å². The van der Waals surface area contributed by atoms with Crippen LogP contribution in [0.15, 0.2) is 28.9 Å². The number of ether oxygens (including phenoxy) is 1. The number of aryl methyl sites for hydroxylation is 1. The van der Waals surface area contributed by atoms with Gasteiger partial charge in [-0.3, -0.25) is 14.9 Å². The van der Waals surface area contributed by atoms with Crippen LogP contribution in [0.5, 0.6) is 0 Å². The van der Waals surface area contributed by atoms with Crippen LogP contribution in [0, 0.1) is 6.92 Å². The Bertz CT molecular complexity index is 751. The molecule has 2 rings (SSSR count). The number of carbonyl (C=O) groups excluding carboxylic acids is 3. The van der Waals surface area contributed by atoms with Crippen LogP contribution in [-0.2, 0) is 20.7 Å². The van der Waals surface area contributed by atoms with Gasteiger partial charge in [-0.15, -0.1) is 0 Å². The number of amides is 3. The fourth-order valence-corrected chi connectivity index (χ4v) is 2.13. The van der Waals surface area contributed by atoms with E-state index in [0.717, 1.165) is 17.4 Å². The molecule has 7 nitrogen and oxygen atoms in total. The van der Waals surface area contributed by atoms with Gasteiger partial charge >= 0.3 is 12.0 Å². The topological polar surface area (TPSA) is 97.6 Å². The molecule has 0 atom stereocenters. The van der Waals surface area contributed by atoms with Crippen molar-refractivity contribution in [2.24, 2.45) is 0 Å². The van der Waals surface area contributed by atoms with Gasteiger partial charge in [-0.2, -0.15) is 0 Å². The molecule has 0 saturated heterocycles. The van der Waals surface area contributed by atoms with E-state index in [1.165, 1.54) is 6.26 Å². The highest BCUT2D eigenvalue weighted by Gasteiger charge is 2.14. The molecule has 1 heterocycles. The van der Waals surface area contributed by atoms with Gasteiger partial charge in [0.2, 0.25) is 0 Å². The second-order valence-electron chi connectivity index (χ2n) is 5.40. The van der Waals surface area contributed by atoms with Crippen LogP contribution in [-0.4, -0.2) is 31.1 Å². The second-order valence-corrected chi connectivity index (χ2v) is 5.40. The third-order valence-corrected chi connectivity index (χ3v) is 3.30. The third-order valence-electron chi connectivity index (χ3n) is 3.30. The maximum Gasteiger partial charge on any atom is 0.321 e. The van der Waals surface area contributed by atoms with Crippen LogP contribution >= 0.6 is 0 Å². The summed E-state index contributed by atoms with van der Waals surface area (Å²) in [5.74, 6) is -1.24. The third kappa shape index (κ3) is 4.84. The van der Waals surface area contributed by atoms with E-state index in [4.69, 9.17) is 9.15 Å². The van der Waals surface area contributed by atoms with E-state index < -0.39 is 24.5 Å². The summed E-state index contributed by atoms with van der Waals surface area (Å²) in [7, 11) is 0. The molecular weight excluding hydrogens is 312 g/mol. The molecule has 0 fully saturated rings. The maximum absolute atomic E-state index is 11.8. The van der Waals surface area contributed by atoms with Gasteiger partial charge in [-0.1, -0.05) is 19.1 Å². The molecule has 0 unspecified atom stereocenters. The van der Waals surface area contributed by atoms with Crippen LogP contribution in [0.1, 0.15) is 24.5 Å². The summed E-state index contributed by atoms with van der Waals surface area (Å²) in [6.07, 6.45) is 2.25. The Morgan fingerprint density at radius 2 is 2.04 bits per heavy atom. The molecule has 0 aliphatic carbocycles. The monoisotopic (exact) mass is 332 g/mol. The second kappa shape index (κ2) is 8.14. The summed E-state index contributed by atoms with van der Waals surface area (Å²) >= 11 is 0. The van der Waals surface area contributed by atoms with E-state index in [1.807, 2.05) is 32.0 Å². The number of rotatable bonds is 6. The lowest BCUT2D eigenvalue weighted by Crippen LogP contribution is -2.41. The summed E-state index contributed by atoms with van der Waals surface area (Å²) < 4.78 is 10.3. The molecule has 128 valence electrons. The summed E-state index contributed by atoms with van der Waals surface area (Å²) in [5.41, 5.74) is 2.45. The number of carbonyl (C=O) groups is 3. The Balaban J connectivity index is 1.82. The molecule has 0 aliphatic rings. The van der Waals surface area contributed by atoms with Crippen LogP contribution < -0.4 is 10.6 Å². The first-order valence-corrected chi connectivity index (χ1v) is 7.69. The molecular formula is C17H20N2O5. The first kappa shape index (κ1) is 17.5. The molecule has 0 bridgehead atoms. The number of furan rings is 1. The fourth-order valence-electron chi connectivity index (χ4n) is 2.13. The van der Waals surface area contributed by atoms with Crippen molar-refractivity contribution < 1.29 is 23.5 Å². The van der Waals surface area contributed by atoms with Crippen molar-refractivity contribution in [2.45, 2.75) is 26.7 Å². The zero-order valence-corrected chi connectivity index (χ0v) is 13.7. The lowest BCUT2D eigenvalue weighted by Gasteiger charge is -2.06. The van der Waals surface area contributed by atoms with E-state index in [2.05, 4.69) is 10.6 Å². The van der Waals surface area contributed by atoms with Gasteiger partial charge in [0.1, 0.15) is 5.58 Å². The van der Waals surface area contributed by atoms with Gasteiger partial charge in [-0.25, -0.2) is 4.79 Å². The highest BCUT2D eigenvalue weighted by Crippen LogP contribution is 2.22. The fraction of sp³-hybridized carbons (Fsp3) is 0.353.